The van der Waals surface area contributed by atoms with Crippen LogP contribution in [0.3, 0.4) is 0 Å². The van der Waals surface area contributed by atoms with Crippen LogP contribution in [0.15, 0.2) is 35.0 Å². The molecule has 160 valence electrons. The van der Waals surface area contributed by atoms with Crippen molar-refractivity contribution in [2.75, 3.05) is 6.61 Å². The smallest absolute Gasteiger partial charge is 0.290 e. The van der Waals surface area contributed by atoms with Gasteiger partial charge in [0.1, 0.15) is 11.6 Å². The summed E-state index contributed by atoms with van der Waals surface area (Å²) in [6.07, 6.45) is 3.10. The third kappa shape index (κ3) is 3.99. The molecule has 1 heterocycles. The fourth-order valence-corrected chi connectivity index (χ4v) is 4.44. The summed E-state index contributed by atoms with van der Waals surface area (Å²) in [4.78, 5) is 24.8. The Morgan fingerprint density at radius 3 is 2.67 bits per heavy atom. The molecule has 3 fully saturated rings. The van der Waals surface area contributed by atoms with Gasteiger partial charge in [0, 0.05) is 17.7 Å². The molecule has 0 radical (unpaired) electrons. The van der Waals surface area contributed by atoms with Crippen LogP contribution >= 0.6 is 11.6 Å². The van der Waals surface area contributed by atoms with Crippen LogP contribution in [-0.4, -0.2) is 45.9 Å². The molecule has 8 nitrogen and oxygen atoms in total. The van der Waals surface area contributed by atoms with Crippen molar-refractivity contribution in [1.29, 1.82) is 0 Å². The minimum Gasteiger partial charge on any atom is -0.484 e. The van der Waals surface area contributed by atoms with E-state index in [1.165, 1.54) is 24.4 Å². The maximum Gasteiger partial charge on any atom is 0.290 e. The summed E-state index contributed by atoms with van der Waals surface area (Å²) in [6.45, 7) is -0.317. The minimum absolute atomic E-state index is 0.0305. The predicted octanol–water partition coefficient (Wildman–Crippen LogP) is 2.21. The summed E-state index contributed by atoms with van der Waals surface area (Å²) in [7, 11) is 0. The molecule has 2 aromatic rings. The zero-order valence-corrected chi connectivity index (χ0v) is 16.7. The molecular formula is C20H21ClFN3O5. The van der Waals surface area contributed by atoms with E-state index in [0.29, 0.717) is 32.1 Å². The topological polar surface area (TPSA) is 114 Å². The molecule has 0 spiro atoms. The van der Waals surface area contributed by atoms with Gasteiger partial charge in [0.05, 0.1) is 22.9 Å². The lowest BCUT2D eigenvalue weighted by molar-refractivity contribution is -0.132. The van der Waals surface area contributed by atoms with E-state index in [4.69, 9.17) is 20.9 Å². The third-order valence-corrected chi connectivity index (χ3v) is 6.32. The molecule has 3 N–H and O–H groups in total. The molecule has 2 amide bonds. The lowest BCUT2D eigenvalue weighted by Crippen LogP contribution is -2.70. The first-order valence-electron chi connectivity index (χ1n) is 9.61. The zero-order valence-electron chi connectivity index (χ0n) is 16.0. The van der Waals surface area contributed by atoms with Crippen LogP contribution in [0, 0.1) is 5.82 Å². The number of rotatable bonds is 6. The number of aliphatic hydroxyl groups is 1. The molecule has 30 heavy (non-hydrogen) atoms. The Bertz CT molecular complexity index is 944. The fraction of sp³-hybridized carbons (Fsp3) is 0.450. The minimum atomic E-state index is -0.827. The van der Waals surface area contributed by atoms with Crippen LogP contribution in [0.25, 0.3) is 0 Å². The second-order valence-electron chi connectivity index (χ2n) is 7.90. The number of carbonyl (C=O) groups is 2. The van der Waals surface area contributed by atoms with Crippen molar-refractivity contribution in [2.45, 2.75) is 49.3 Å². The van der Waals surface area contributed by atoms with Gasteiger partial charge in [-0.05, 0) is 44.2 Å². The van der Waals surface area contributed by atoms with E-state index in [-0.39, 0.29) is 29.0 Å². The van der Waals surface area contributed by atoms with Crippen molar-refractivity contribution < 1.29 is 28.3 Å². The van der Waals surface area contributed by atoms with Gasteiger partial charge < -0.3 is 25.0 Å². The number of nitrogens with zero attached hydrogens (tertiary/aromatic N) is 1. The number of amides is 2. The highest BCUT2D eigenvalue weighted by Gasteiger charge is 2.55. The Morgan fingerprint density at radius 1 is 1.27 bits per heavy atom. The van der Waals surface area contributed by atoms with Crippen LogP contribution in [0.2, 0.25) is 5.02 Å². The molecule has 5 rings (SSSR count). The van der Waals surface area contributed by atoms with Gasteiger partial charge in [-0.1, -0.05) is 16.8 Å². The van der Waals surface area contributed by atoms with Crippen molar-refractivity contribution in [2.24, 2.45) is 0 Å². The molecule has 3 saturated carbocycles. The van der Waals surface area contributed by atoms with Crippen LogP contribution < -0.4 is 15.4 Å². The lowest BCUT2D eigenvalue weighted by atomic mass is 9.60. The average Bonchev–Trinajstić information content (AvgIpc) is 3.25. The van der Waals surface area contributed by atoms with E-state index < -0.39 is 28.9 Å². The number of ether oxygens (including phenoxy) is 1. The molecule has 0 saturated heterocycles. The number of carbonyl (C=O) groups excluding carboxylic acids is 2. The van der Waals surface area contributed by atoms with Gasteiger partial charge in [-0.25, -0.2) is 4.39 Å². The number of hydrogen-bond acceptors (Lipinski definition) is 6. The lowest BCUT2D eigenvalue weighted by Gasteiger charge is -2.56. The van der Waals surface area contributed by atoms with E-state index in [9.17, 15) is 19.1 Å². The Labute approximate surface area is 176 Å². The maximum atomic E-state index is 13.5. The van der Waals surface area contributed by atoms with Crippen molar-refractivity contribution in [3.8, 4) is 5.75 Å². The van der Waals surface area contributed by atoms with Crippen LogP contribution in [0.1, 0.15) is 42.7 Å². The molecule has 3 aliphatic carbocycles. The molecule has 2 bridgehead atoms. The molecule has 1 aromatic heterocycles. The third-order valence-electron chi connectivity index (χ3n) is 6.01. The summed E-state index contributed by atoms with van der Waals surface area (Å²) >= 11 is 5.63. The van der Waals surface area contributed by atoms with Crippen LogP contribution in [-0.2, 0) is 4.79 Å². The van der Waals surface area contributed by atoms with Gasteiger partial charge in [-0.3, -0.25) is 9.59 Å². The van der Waals surface area contributed by atoms with Crippen molar-refractivity contribution >= 4 is 23.4 Å². The zero-order chi connectivity index (χ0) is 21.4. The Balaban J connectivity index is 1.34. The molecule has 3 aliphatic rings. The number of benzene rings is 1. The second-order valence-corrected chi connectivity index (χ2v) is 8.31. The number of hydrogen-bond donors (Lipinski definition) is 3. The van der Waals surface area contributed by atoms with E-state index in [1.54, 1.807) is 0 Å². The van der Waals surface area contributed by atoms with Gasteiger partial charge in [0.25, 0.3) is 11.8 Å². The standard InChI is InChI=1S/C20H21ClFN3O5/c21-13-2-1-12(9-14(13)22)29-11-17(27)24-20-6-4-19(5-7-20,10-16(20)26)25-18(28)15-3-8-23-30-15/h1-3,8-9,16,26H,4-7,10-11H2,(H,24,27)(H,25,28). The molecule has 1 aromatic carbocycles. The first-order chi connectivity index (χ1) is 14.3. The highest BCUT2D eigenvalue weighted by molar-refractivity contribution is 6.30. The van der Waals surface area contributed by atoms with E-state index >= 15 is 0 Å². The number of aromatic nitrogens is 1. The Morgan fingerprint density at radius 2 is 2.03 bits per heavy atom. The largest absolute Gasteiger partial charge is 0.484 e. The molecular weight excluding hydrogens is 417 g/mol. The highest BCUT2D eigenvalue weighted by Crippen LogP contribution is 2.47. The van der Waals surface area contributed by atoms with Crippen molar-refractivity contribution in [1.82, 2.24) is 15.8 Å². The van der Waals surface area contributed by atoms with Crippen LogP contribution in [0.4, 0.5) is 4.39 Å². The number of halogens is 2. The van der Waals surface area contributed by atoms with Crippen LogP contribution in [0.5, 0.6) is 5.75 Å². The Hall–Kier alpha value is -2.65. The molecule has 1 unspecified atom stereocenters. The van der Waals surface area contributed by atoms with E-state index in [1.807, 2.05) is 0 Å². The molecule has 0 aliphatic heterocycles. The van der Waals surface area contributed by atoms with Gasteiger partial charge in [0.2, 0.25) is 5.76 Å². The van der Waals surface area contributed by atoms with Gasteiger partial charge in [-0.15, -0.1) is 0 Å². The van der Waals surface area contributed by atoms with Gasteiger partial charge in [0.15, 0.2) is 6.61 Å². The second kappa shape index (κ2) is 7.88. The SMILES string of the molecule is O=C(COc1ccc(Cl)c(F)c1)NC12CCC(NC(=O)c3ccno3)(CC1)CC2O. The monoisotopic (exact) mass is 437 g/mol. The summed E-state index contributed by atoms with van der Waals surface area (Å²) in [5.74, 6) is -1.12. The normalized spacial score (nSPS) is 27.5. The number of nitrogens with one attached hydrogen (secondary N) is 2. The summed E-state index contributed by atoms with van der Waals surface area (Å²) in [6, 6.07) is 5.40. The highest BCUT2D eigenvalue weighted by atomic mass is 35.5. The van der Waals surface area contributed by atoms with Crippen molar-refractivity contribution in [3.05, 3.63) is 47.1 Å². The first-order valence-corrected chi connectivity index (χ1v) is 9.99. The van der Waals surface area contributed by atoms with Gasteiger partial charge in [-0.2, -0.15) is 0 Å². The maximum absolute atomic E-state index is 13.5. The molecule has 1 atom stereocenters. The quantitative estimate of drug-likeness (QED) is 0.638. The van der Waals surface area contributed by atoms with E-state index in [2.05, 4.69) is 15.8 Å². The average molecular weight is 438 g/mol. The first kappa shape index (κ1) is 20.6. The molecule has 10 heteroatoms. The van der Waals surface area contributed by atoms with Gasteiger partial charge >= 0.3 is 0 Å². The fourth-order valence-electron chi connectivity index (χ4n) is 4.33. The summed E-state index contributed by atoms with van der Waals surface area (Å²) < 4.78 is 23.7. The number of aliphatic hydroxyl groups excluding tert-OH is 1. The van der Waals surface area contributed by atoms with Crippen molar-refractivity contribution in [3.63, 3.8) is 0 Å². The van der Waals surface area contributed by atoms with E-state index in [0.717, 1.165) is 6.07 Å². The number of fused-ring (bicyclic) bond motifs is 3. The predicted molar refractivity (Wildman–Crippen MR) is 104 cm³/mol. The summed E-state index contributed by atoms with van der Waals surface area (Å²) in [5.41, 5.74) is -1.32. The Kier molecular flexibility index (Phi) is 5.42. The summed E-state index contributed by atoms with van der Waals surface area (Å²) in [5, 5.41) is 20.1.